The lowest BCUT2D eigenvalue weighted by Crippen LogP contribution is -2.14. The Bertz CT molecular complexity index is 582. The van der Waals surface area contributed by atoms with Gasteiger partial charge in [-0.1, -0.05) is 45.0 Å². The fourth-order valence-electron chi connectivity index (χ4n) is 2.20. The summed E-state index contributed by atoms with van der Waals surface area (Å²) in [6.07, 6.45) is 0. The van der Waals surface area contributed by atoms with E-state index in [0.717, 1.165) is 16.3 Å². The number of fused-ring (bicyclic) bond motifs is 1. The fourth-order valence-corrected chi connectivity index (χ4v) is 2.20. The van der Waals surface area contributed by atoms with Gasteiger partial charge in [-0.05, 0) is 22.3 Å². The number of hydrogen-bond donors (Lipinski definition) is 0. The Morgan fingerprint density at radius 2 is 1.71 bits per heavy atom. The lowest BCUT2D eigenvalue weighted by molar-refractivity contribution is -0.385. The molecular weight excluding hydrogens is 214 g/mol. The molecule has 0 unspecified atom stereocenters. The highest BCUT2D eigenvalue weighted by atomic mass is 16.6. The molecule has 3 nitrogen and oxygen atoms in total. The van der Waals surface area contributed by atoms with Gasteiger partial charge in [0.2, 0.25) is 0 Å². The average molecular weight is 229 g/mol. The molecule has 88 valence electrons. The van der Waals surface area contributed by atoms with Crippen LogP contribution in [-0.4, -0.2) is 4.92 Å². The first-order valence-electron chi connectivity index (χ1n) is 5.58. The lowest BCUT2D eigenvalue weighted by Gasteiger charge is -2.21. The predicted molar refractivity (Wildman–Crippen MR) is 69.3 cm³/mol. The van der Waals surface area contributed by atoms with Crippen molar-refractivity contribution in [3.8, 4) is 0 Å². The van der Waals surface area contributed by atoms with Gasteiger partial charge in [0.15, 0.2) is 0 Å². The van der Waals surface area contributed by atoms with Crippen molar-refractivity contribution in [3.63, 3.8) is 0 Å². The third-order valence-electron chi connectivity index (χ3n) is 2.85. The maximum absolute atomic E-state index is 11.1. The van der Waals surface area contributed by atoms with Gasteiger partial charge in [0.25, 0.3) is 5.69 Å². The Hall–Kier alpha value is -1.90. The zero-order valence-corrected chi connectivity index (χ0v) is 10.2. The van der Waals surface area contributed by atoms with Gasteiger partial charge in [0.05, 0.1) is 4.92 Å². The number of benzene rings is 2. The molecule has 0 saturated carbocycles. The third kappa shape index (κ3) is 2.00. The van der Waals surface area contributed by atoms with Crippen molar-refractivity contribution < 1.29 is 4.92 Å². The topological polar surface area (TPSA) is 43.1 Å². The molecule has 0 atom stereocenters. The number of hydrogen-bond acceptors (Lipinski definition) is 2. The van der Waals surface area contributed by atoms with Crippen molar-refractivity contribution in [2.24, 2.45) is 0 Å². The molecule has 0 amide bonds. The van der Waals surface area contributed by atoms with Crippen LogP contribution < -0.4 is 0 Å². The summed E-state index contributed by atoms with van der Waals surface area (Å²) in [5.41, 5.74) is 0.764. The Balaban J connectivity index is 2.90. The highest BCUT2D eigenvalue weighted by Gasteiger charge is 2.26. The van der Waals surface area contributed by atoms with E-state index in [2.05, 4.69) is 0 Å². The van der Waals surface area contributed by atoms with Crippen LogP contribution >= 0.6 is 0 Å². The van der Waals surface area contributed by atoms with Crippen molar-refractivity contribution >= 4 is 16.5 Å². The highest BCUT2D eigenvalue weighted by Crippen LogP contribution is 2.37. The fraction of sp³-hybridized carbons (Fsp3) is 0.286. The summed E-state index contributed by atoms with van der Waals surface area (Å²) in [4.78, 5) is 10.8. The van der Waals surface area contributed by atoms with E-state index >= 15 is 0 Å². The zero-order chi connectivity index (χ0) is 12.6. The molecule has 0 aliphatic rings. The molecule has 2 aromatic rings. The quantitative estimate of drug-likeness (QED) is 0.547. The number of nitrogens with zero attached hydrogens (tertiary/aromatic N) is 1. The zero-order valence-electron chi connectivity index (χ0n) is 10.2. The first-order valence-corrected chi connectivity index (χ1v) is 5.58. The monoisotopic (exact) mass is 229 g/mol. The van der Waals surface area contributed by atoms with Crippen LogP contribution in [0.25, 0.3) is 10.8 Å². The standard InChI is InChI=1S/C14H15NO2/c1-14(2,3)13-11-7-5-4-6-10(11)8-9-12(13)15(16)17/h4-9H,1-3H3. The van der Waals surface area contributed by atoms with Crippen molar-refractivity contribution in [1.29, 1.82) is 0 Å². The maximum Gasteiger partial charge on any atom is 0.273 e. The molecular formula is C14H15NO2. The smallest absolute Gasteiger partial charge is 0.258 e. The second-order valence-corrected chi connectivity index (χ2v) is 5.19. The van der Waals surface area contributed by atoms with Crippen LogP contribution in [0.5, 0.6) is 0 Å². The minimum Gasteiger partial charge on any atom is -0.258 e. The summed E-state index contributed by atoms with van der Waals surface area (Å²) in [6, 6.07) is 11.2. The summed E-state index contributed by atoms with van der Waals surface area (Å²) in [6.45, 7) is 6.01. The molecule has 2 rings (SSSR count). The molecule has 0 fully saturated rings. The summed E-state index contributed by atoms with van der Waals surface area (Å²) < 4.78 is 0. The molecule has 0 bridgehead atoms. The van der Waals surface area contributed by atoms with E-state index in [4.69, 9.17) is 0 Å². The van der Waals surface area contributed by atoms with E-state index in [0.29, 0.717) is 0 Å². The van der Waals surface area contributed by atoms with Crippen LogP contribution in [-0.2, 0) is 5.41 Å². The van der Waals surface area contributed by atoms with Gasteiger partial charge in [-0.2, -0.15) is 0 Å². The summed E-state index contributed by atoms with van der Waals surface area (Å²) in [7, 11) is 0. The van der Waals surface area contributed by atoms with E-state index in [-0.39, 0.29) is 16.0 Å². The minimum atomic E-state index is -0.299. The molecule has 2 aromatic carbocycles. The van der Waals surface area contributed by atoms with Gasteiger partial charge < -0.3 is 0 Å². The SMILES string of the molecule is CC(C)(C)c1c([N+](=O)[O-])ccc2ccccc12. The van der Waals surface area contributed by atoms with Crippen molar-refractivity contribution in [2.45, 2.75) is 26.2 Å². The van der Waals surface area contributed by atoms with Gasteiger partial charge >= 0.3 is 0 Å². The van der Waals surface area contributed by atoms with Gasteiger partial charge in [-0.15, -0.1) is 0 Å². The summed E-state index contributed by atoms with van der Waals surface area (Å²) >= 11 is 0. The average Bonchev–Trinajstić information content (AvgIpc) is 2.26. The first-order chi connectivity index (χ1) is 7.91. The molecule has 17 heavy (non-hydrogen) atoms. The molecule has 0 spiro atoms. The number of nitro benzene ring substituents is 1. The first kappa shape index (κ1) is 11.6. The van der Waals surface area contributed by atoms with E-state index in [1.165, 1.54) is 0 Å². The molecule has 0 aromatic heterocycles. The van der Waals surface area contributed by atoms with Crippen LogP contribution in [0.15, 0.2) is 36.4 Å². The van der Waals surface area contributed by atoms with E-state index < -0.39 is 0 Å². The van der Waals surface area contributed by atoms with Gasteiger partial charge in [-0.25, -0.2) is 0 Å². The normalized spacial score (nSPS) is 11.7. The molecule has 0 N–H and O–H groups in total. The Kier molecular flexibility index (Phi) is 2.62. The van der Waals surface area contributed by atoms with E-state index in [1.807, 2.05) is 51.1 Å². The second-order valence-electron chi connectivity index (χ2n) is 5.19. The van der Waals surface area contributed by atoms with Gasteiger partial charge in [-0.3, -0.25) is 10.1 Å². The van der Waals surface area contributed by atoms with Crippen LogP contribution in [0.1, 0.15) is 26.3 Å². The Morgan fingerprint density at radius 3 is 2.29 bits per heavy atom. The Labute approximate surface area is 100 Å². The molecule has 3 heteroatoms. The molecule has 0 radical (unpaired) electrons. The molecule has 0 saturated heterocycles. The van der Waals surface area contributed by atoms with Gasteiger partial charge in [0, 0.05) is 11.6 Å². The maximum atomic E-state index is 11.1. The second kappa shape index (κ2) is 3.84. The van der Waals surface area contributed by atoms with Crippen LogP contribution in [0.4, 0.5) is 5.69 Å². The van der Waals surface area contributed by atoms with Crippen LogP contribution in [0.2, 0.25) is 0 Å². The van der Waals surface area contributed by atoms with E-state index in [9.17, 15) is 10.1 Å². The summed E-state index contributed by atoms with van der Waals surface area (Å²) in [5, 5.41) is 13.1. The Morgan fingerprint density at radius 1 is 1.06 bits per heavy atom. The van der Waals surface area contributed by atoms with Gasteiger partial charge in [0.1, 0.15) is 0 Å². The number of nitro groups is 1. The predicted octanol–water partition coefficient (Wildman–Crippen LogP) is 4.05. The molecule has 0 aliphatic carbocycles. The third-order valence-corrected chi connectivity index (χ3v) is 2.85. The van der Waals surface area contributed by atoms with Crippen LogP contribution in [0, 0.1) is 10.1 Å². The van der Waals surface area contributed by atoms with Crippen molar-refractivity contribution in [2.75, 3.05) is 0 Å². The highest BCUT2D eigenvalue weighted by molar-refractivity contribution is 5.89. The largest absolute Gasteiger partial charge is 0.273 e. The molecule has 0 aliphatic heterocycles. The van der Waals surface area contributed by atoms with Crippen molar-refractivity contribution in [3.05, 3.63) is 52.1 Å². The minimum absolute atomic E-state index is 0.205. The summed E-state index contributed by atoms with van der Waals surface area (Å²) in [5.74, 6) is 0. The van der Waals surface area contributed by atoms with Crippen molar-refractivity contribution in [1.82, 2.24) is 0 Å². The lowest BCUT2D eigenvalue weighted by atomic mass is 9.82. The van der Waals surface area contributed by atoms with Crippen LogP contribution in [0.3, 0.4) is 0 Å². The van der Waals surface area contributed by atoms with E-state index in [1.54, 1.807) is 6.07 Å². The molecule has 0 heterocycles. The number of rotatable bonds is 1.